The molecule has 0 bridgehead atoms. The fourth-order valence-corrected chi connectivity index (χ4v) is 3.25. The number of anilines is 1. The summed E-state index contributed by atoms with van der Waals surface area (Å²) in [5.41, 5.74) is 2.61. The number of imidazole rings is 1. The minimum atomic E-state index is -0.448. The van der Waals surface area contributed by atoms with Crippen molar-refractivity contribution in [2.75, 3.05) is 11.4 Å². The molecule has 23 heavy (non-hydrogen) atoms. The van der Waals surface area contributed by atoms with Crippen molar-refractivity contribution in [1.82, 2.24) is 19.1 Å². The maximum absolute atomic E-state index is 12.1. The van der Waals surface area contributed by atoms with Crippen LogP contribution in [0.15, 0.2) is 33.9 Å². The monoisotopic (exact) mass is 311 g/mol. The lowest BCUT2D eigenvalue weighted by atomic mass is 10.0. The zero-order chi connectivity index (χ0) is 16.1. The Morgan fingerprint density at radius 3 is 2.61 bits per heavy atom. The molecule has 118 valence electrons. The van der Waals surface area contributed by atoms with E-state index >= 15 is 0 Å². The molecule has 2 aromatic heterocycles. The Bertz CT molecular complexity index is 1030. The number of aromatic amines is 1. The topological polar surface area (TPSA) is 75.9 Å². The van der Waals surface area contributed by atoms with E-state index in [1.807, 2.05) is 13.1 Å². The highest BCUT2D eigenvalue weighted by atomic mass is 16.2. The molecule has 0 saturated carbocycles. The van der Waals surface area contributed by atoms with Crippen LogP contribution in [0.25, 0.3) is 11.2 Å². The van der Waals surface area contributed by atoms with E-state index in [2.05, 4.69) is 33.1 Å². The molecule has 3 aromatic rings. The summed E-state index contributed by atoms with van der Waals surface area (Å²) >= 11 is 0. The van der Waals surface area contributed by atoms with Crippen molar-refractivity contribution in [1.29, 1.82) is 0 Å². The van der Waals surface area contributed by atoms with E-state index in [4.69, 9.17) is 0 Å². The summed E-state index contributed by atoms with van der Waals surface area (Å²) in [5, 5.41) is 0. The van der Waals surface area contributed by atoms with Crippen LogP contribution in [-0.2, 0) is 27.1 Å². The zero-order valence-corrected chi connectivity index (χ0v) is 13.0. The summed E-state index contributed by atoms with van der Waals surface area (Å²) in [7, 11) is 3.42. The maximum Gasteiger partial charge on any atom is 0.329 e. The smallest absolute Gasteiger partial charge is 0.329 e. The van der Waals surface area contributed by atoms with Crippen LogP contribution in [0.4, 0.5) is 5.95 Å². The molecule has 7 nitrogen and oxygen atoms in total. The van der Waals surface area contributed by atoms with E-state index in [1.54, 1.807) is 11.6 Å². The van der Waals surface area contributed by atoms with Gasteiger partial charge in [-0.05, 0) is 17.5 Å². The number of H-pyrrole nitrogens is 1. The third-order valence-corrected chi connectivity index (χ3v) is 4.52. The molecular weight excluding hydrogens is 294 g/mol. The molecule has 0 spiro atoms. The Morgan fingerprint density at radius 1 is 1.09 bits per heavy atom. The fourth-order valence-electron chi connectivity index (χ4n) is 3.25. The van der Waals surface area contributed by atoms with Gasteiger partial charge >= 0.3 is 5.69 Å². The number of hydrogen-bond acceptors (Lipinski definition) is 4. The second-order valence-corrected chi connectivity index (χ2v) is 5.90. The van der Waals surface area contributed by atoms with E-state index in [0.29, 0.717) is 17.1 Å². The predicted molar refractivity (Wildman–Crippen MR) is 87.8 cm³/mol. The van der Waals surface area contributed by atoms with Crippen LogP contribution in [0.3, 0.4) is 0 Å². The normalized spacial score (nSPS) is 14.3. The second-order valence-electron chi connectivity index (χ2n) is 5.90. The van der Waals surface area contributed by atoms with Crippen LogP contribution in [0.1, 0.15) is 11.1 Å². The van der Waals surface area contributed by atoms with Crippen LogP contribution < -0.4 is 16.1 Å². The first-order valence-corrected chi connectivity index (χ1v) is 7.53. The highest BCUT2D eigenvalue weighted by molar-refractivity contribution is 5.74. The molecule has 1 N–H and O–H groups in total. The Hall–Kier alpha value is -2.83. The van der Waals surface area contributed by atoms with Crippen LogP contribution in [-0.4, -0.2) is 25.6 Å². The van der Waals surface area contributed by atoms with E-state index < -0.39 is 11.2 Å². The van der Waals surface area contributed by atoms with Gasteiger partial charge in [-0.2, -0.15) is 4.98 Å². The van der Waals surface area contributed by atoms with Gasteiger partial charge in [-0.15, -0.1) is 0 Å². The summed E-state index contributed by atoms with van der Waals surface area (Å²) in [6.45, 7) is 1.58. The molecule has 0 fully saturated rings. The largest absolute Gasteiger partial charge is 0.338 e. The first-order chi connectivity index (χ1) is 11.1. The van der Waals surface area contributed by atoms with Crippen LogP contribution >= 0.6 is 0 Å². The number of fused-ring (bicyclic) bond motifs is 2. The third-order valence-electron chi connectivity index (χ3n) is 4.52. The Kier molecular flexibility index (Phi) is 2.90. The van der Waals surface area contributed by atoms with Gasteiger partial charge in [0.2, 0.25) is 5.95 Å². The summed E-state index contributed by atoms with van der Waals surface area (Å²) in [6, 6.07) is 8.35. The van der Waals surface area contributed by atoms with Crippen molar-refractivity contribution >= 4 is 17.1 Å². The van der Waals surface area contributed by atoms with Gasteiger partial charge in [-0.1, -0.05) is 24.3 Å². The van der Waals surface area contributed by atoms with Crippen molar-refractivity contribution in [2.45, 2.75) is 13.0 Å². The predicted octanol–water partition coefficient (Wildman–Crippen LogP) is 0.523. The number of benzene rings is 1. The average molecular weight is 311 g/mol. The fraction of sp³-hybridized carbons (Fsp3) is 0.312. The molecular formula is C16H17N5O2. The van der Waals surface area contributed by atoms with Crippen LogP contribution in [0.2, 0.25) is 0 Å². The lowest BCUT2D eigenvalue weighted by Gasteiger charge is -2.29. The van der Waals surface area contributed by atoms with Crippen molar-refractivity contribution in [3.63, 3.8) is 0 Å². The van der Waals surface area contributed by atoms with Crippen LogP contribution in [0.5, 0.6) is 0 Å². The average Bonchev–Trinajstić information content (AvgIpc) is 2.90. The van der Waals surface area contributed by atoms with Gasteiger partial charge in [0.05, 0.1) is 0 Å². The molecule has 0 unspecified atom stereocenters. The first kappa shape index (κ1) is 13.8. The van der Waals surface area contributed by atoms with E-state index in [0.717, 1.165) is 19.5 Å². The summed E-state index contributed by atoms with van der Waals surface area (Å²) in [6.07, 6.45) is 0.939. The summed E-state index contributed by atoms with van der Waals surface area (Å²) in [5.74, 6) is 0.709. The van der Waals surface area contributed by atoms with Gasteiger partial charge in [-0.25, -0.2) is 4.79 Å². The summed E-state index contributed by atoms with van der Waals surface area (Å²) in [4.78, 5) is 32.9. The molecule has 1 aliphatic rings. The van der Waals surface area contributed by atoms with Crippen molar-refractivity contribution in [3.8, 4) is 0 Å². The number of nitrogens with zero attached hydrogens (tertiary/aromatic N) is 4. The number of aryl methyl sites for hydroxylation is 2. The standard InChI is InChI=1S/C16H17N5O2/c1-19-12-13(20(2)16(23)18-14(12)22)17-15(19)21-8-7-10-5-3-4-6-11(10)9-21/h3-6H,7-9H2,1-2H3,(H,18,22,23). The van der Waals surface area contributed by atoms with Gasteiger partial charge in [0.25, 0.3) is 5.56 Å². The first-order valence-electron chi connectivity index (χ1n) is 7.53. The van der Waals surface area contributed by atoms with Gasteiger partial charge in [0.15, 0.2) is 11.2 Å². The molecule has 0 aliphatic carbocycles. The second kappa shape index (κ2) is 4.84. The maximum atomic E-state index is 12.1. The number of rotatable bonds is 1. The van der Waals surface area contributed by atoms with Gasteiger partial charge in [0, 0.05) is 27.2 Å². The SMILES string of the molecule is Cn1c(N2CCc3ccccc3C2)nc2c1c(=O)[nH]c(=O)n2C. The minimum absolute atomic E-state index is 0.401. The molecule has 0 radical (unpaired) electrons. The minimum Gasteiger partial charge on any atom is -0.338 e. The molecule has 1 aromatic carbocycles. The Balaban J connectivity index is 1.86. The van der Waals surface area contributed by atoms with E-state index in [1.165, 1.54) is 15.7 Å². The molecule has 0 amide bonds. The van der Waals surface area contributed by atoms with E-state index in [9.17, 15) is 9.59 Å². The van der Waals surface area contributed by atoms with Crippen molar-refractivity contribution < 1.29 is 0 Å². The molecule has 0 atom stereocenters. The number of hydrogen-bond donors (Lipinski definition) is 1. The molecule has 7 heteroatoms. The number of aromatic nitrogens is 4. The lowest BCUT2D eigenvalue weighted by molar-refractivity contribution is 0.691. The van der Waals surface area contributed by atoms with Crippen LogP contribution in [0, 0.1) is 0 Å². The third kappa shape index (κ3) is 2.00. The molecule has 0 saturated heterocycles. The molecule has 4 rings (SSSR count). The summed E-state index contributed by atoms with van der Waals surface area (Å²) < 4.78 is 3.14. The van der Waals surface area contributed by atoms with Crippen molar-refractivity contribution in [2.24, 2.45) is 14.1 Å². The van der Waals surface area contributed by atoms with Gasteiger partial charge < -0.3 is 9.47 Å². The van der Waals surface area contributed by atoms with Gasteiger partial charge in [0.1, 0.15) is 0 Å². The highest BCUT2D eigenvalue weighted by Crippen LogP contribution is 2.25. The van der Waals surface area contributed by atoms with Gasteiger partial charge in [-0.3, -0.25) is 14.3 Å². The molecule has 3 heterocycles. The Labute approximate surface area is 131 Å². The van der Waals surface area contributed by atoms with E-state index in [-0.39, 0.29) is 0 Å². The highest BCUT2D eigenvalue weighted by Gasteiger charge is 2.22. The zero-order valence-electron chi connectivity index (χ0n) is 13.0. The number of nitrogens with one attached hydrogen (secondary N) is 1. The quantitative estimate of drug-likeness (QED) is 0.711. The molecule has 1 aliphatic heterocycles. The Morgan fingerprint density at radius 2 is 1.83 bits per heavy atom. The van der Waals surface area contributed by atoms with Crippen molar-refractivity contribution in [3.05, 3.63) is 56.2 Å². The lowest BCUT2D eigenvalue weighted by Crippen LogP contribution is -2.32.